The van der Waals surface area contributed by atoms with Gasteiger partial charge in [0.15, 0.2) is 0 Å². The van der Waals surface area contributed by atoms with Crippen LogP contribution in [-0.4, -0.2) is 11.1 Å². The van der Waals surface area contributed by atoms with Gasteiger partial charge in [-0.05, 0) is 37.0 Å². The molecule has 0 aromatic heterocycles. The minimum absolute atomic E-state index is 0.0684. The van der Waals surface area contributed by atoms with Crippen LogP contribution in [0.4, 0.5) is 0 Å². The van der Waals surface area contributed by atoms with Gasteiger partial charge in [0.2, 0.25) is 0 Å². The summed E-state index contributed by atoms with van der Waals surface area (Å²) in [6.07, 6.45) is 6.56. The zero-order valence-electron chi connectivity index (χ0n) is 10.3. The molecular weight excluding hydrogens is 188 g/mol. The Bertz CT molecular complexity index is 215. The molecule has 0 bridgehead atoms. The van der Waals surface area contributed by atoms with E-state index in [1.807, 2.05) is 0 Å². The molecule has 0 radical (unpaired) electrons. The van der Waals surface area contributed by atoms with Crippen LogP contribution < -0.4 is 0 Å². The topological polar surface area (TPSA) is 37.3 Å². The number of carboxylic acid groups (broad SMARTS) is 1. The normalized spacial score (nSPS) is 27.7. The van der Waals surface area contributed by atoms with Gasteiger partial charge < -0.3 is 5.11 Å². The van der Waals surface area contributed by atoms with Crippen molar-refractivity contribution >= 4 is 5.97 Å². The van der Waals surface area contributed by atoms with E-state index in [9.17, 15) is 4.79 Å². The minimum atomic E-state index is -0.575. The Balaban J connectivity index is 2.46. The van der Waals surface area contributed by atoms with E-state index in [1.54, 1.807) is 0 Å². The highest BCUT2D eigenvalue weighted by Crippen LogP contribution is 2.36. The van der Waals surface area contributed by atoms with Gasteiger partial charge in [-0.1, -0.05) is 33.6 Å². The van der Waals surface area contributed by atoms with Crippen LogP contribution in [0.5, 0.6) is 0 Å². The van der Waals surface area contributed by atoms with Gasteiger partial charge in [-0.15, -0.1) is 0 Å². The lowest BCUT2D eigenvalue weighted by Crippen LogP contribution is -2.27. The summed E-state index contributed by atoms with van der Waals surface area (Å²) in [6, 6.07) is 0. The molecule has 0 amide bonds. The number of hydrogen-bond donors (Lipinski definition) is 1. The number of hydrogen-bond acceptors (Lipinski definition) is 1. The molecule has 0 spiro atoms. The summed E-state index contributed by atoms with van der Waals surface area (Å²) in [6.45, 7) is 6.68. The van der Waals surface area contributed by atoms with Crippen molar-refractivity contribution in [3.8, 4) is 0 Å². The van der Waals surface area contributed by atoms with Crippen LogP contribution >= 0.6 is 0 Å². The third kappa shape index (κ3) is 4.23. The molecular formula is C13H24O2. The molecule has 1 aliphatic carbocycles. The first-order valence-corrected chi connectivity index (χ1v) is 6.13. The van der Waals surface area contributed by atoms with Crippen molar-refractivity contribution in [1.82, 2.24) is 0 Å². The predicted molar refractivity (Wildman–Crippen MR) is 61.8 cm³/mol. The average molecular weight is 212 g/mol. The molecule has 2 nitrogen and oxygen atoms in total. The van der Waals surface area contributed by atoms with Crippen LogP contribution in [0.25, 0.3) is 0 Å². The van der Waals surface area contributed by atoms with Crippen molar-refractivity contribution < 1.29 is 9.90 Å². The first kappa shape index (κ1) is 12.5. The van der Waals surface area contributed by atoms with Crippen molar-refractivity contribution in [1.29, 1.82) is 0 Å². The lowest BCUT2D eigenvalue weighted by atomic mass is 9.74. The second-order valence-corrected chi connectivity index (χ2v) is 6.09. The predicted octanol–water partition coefficient (Wildman–Crippen LogP) is 3.70. The quantitative estimate of drug-likeness (QED) is 0.774. The number of carbonyl (C=O) groups is 1. The highest BCUT2D eigenvalue weighted by atomic mass is 16.4. The van der Waals surface area contributed by atoms with E-state index < -0.39 is 5.97 Å². The van der Waals surface area contributed by atoms with Crippen molar-refractivity contribution in [2.24, 2.45) is 17.3 Å². The van der Waals surface area contributed by atoms with Crippen LogP contribution in [0.2, 0.25) is 0 Å². The fraction of sp³-hybridized carbons (Fsp3) is 0.923. The van der Waals surface area contributed by atoms with Crippen LogP contribution in [0, 0.1) is 17.3 Å². The molecule has 15 heavy (non-hydrogen) atoms. The van der Waals surface area contributed by atoms with E-state index in [2.05, 4.69) is 20.8 Å². The first-order chi connectivity index (χ1) is 6.90. The number of aliphatic carboxylic acids is 1. The summed E-state index contributed by atoms with van der Waals surface area (Å²) in [5, 5.41) is 9.14. The third-order valence-electron chi connectivity index (χ3n) is 3.49. The van der Waals surface area contributed by atoms with Crippen molar-refractivity contribution in [2.45, 2.75) is 59.3 Å². The van der Waals surface area contributed by atoms with E-state index >= 15 is 0 Å². The molecule has 0 aromatic carbocycles. The van der Waals surface area contributed by atoms with Gasteiger partial charge in [0, 0.05) is 0 Å². The fourth-order valence-electron chi connectivity index (χ4n) is 2.50. The van der Waals surface area contributed by atoms with Gasteiger partial charge in [-0.3, -0.25) is 4.79 Å². The zero-order valence-corrected chi connectivity index (χ0v) is 10.3. The van der Waals surface area contributed by atoms with Crippen molar-refractivity contribution in [3.05, 3.63) is 0 Å². The van der Waals surface area contributed by atoms with E-state index in [0.717, 1.165) is 32.1 Å². The smallest absolute Gasteiger partial charge is 0.306 e. The lowest BCUT2D eigenvalue weighted by Gasteiger charge is -2.30. The van der Waals surface area contributed by atoms with Crippen LogP contribution in [0.15, 0.2) is 0 Å². The van der Waals surface area contributed by atoms with Crippen LogP contribution in [0.1, 0.15) is 59.3 Å². The molecule has 88 valence electrons. The molecule has 0 heterocycles. The monoisotopic (exact) mass is 212 g/mol. The molecule has 1 saturated carbocycles. The van der Waals surface area contributed by atoms with E-state index in [4.69, 9.17) is 5.11 Å². The minimum Gasteiger partial charge on any atom is -0.481 e. The maximum atomic E-state index is 11.1. The molecule has 2 unspecified atom stereocenters. The van der Waals surface area contributed by atoms with Crippen LogP contribution in [0.3, 0.4) is 0 Å². The number of carboxylic acids is 1. The van der Waals surface area contributed by atoms with E-state index in [0.29, 0.717) is 11.3 Å². The summed E-state index contributed by atoms with van der Waals surface area (Å²) in [5.74, 6) is -0.217. The average Bonchev–Trinajstić information content (AvgIpc) is 2.14. The van der Waals surface area contributed by atoms with E-state index in [1.165, 1.54) is 6.42 Å². The van der Waals surface area contributed by atoms with Crippen LogP contribution in [-0.2, 0) is 4.79 Å². The van der Waals surface area contributed by atoms with Gasteiger partial charge in [-0.25, -0.2) is 0 Å². The molecule has 1 rings (SSSR count). The first-order valence-electron chi connectivity index (χ1n) is 6.13. The Labute approximate surface area is 93.1 Å². The summed E-state index contributed by atoms with van der Waals surface area (Å²) in [7, 11) is 0. The molecule has 0 aromatic rings. The third-order valence-corrected chi connectivity index (χ3v) is 3.49. The largest absolute Gasteiger partial charge is 0.481 e. The standard InChI is InChI=1S/C13H24O2/c1-13(2,3)9-8-10-6-4-5-7-11(10)12(14)15/h10-11H,4-9H2,1-3H3,(H,14,15). The van der Waals surface area contributed by atoms with Gasteiger partial charge in [0.05, 0.1) is 5.92 Å². The second-order valence-electron chi connectivity index (χ2n) is 6.09. The molecule has 1 aliphatic rings. The number of rotatable bonds is 3. The summed E-state index contributed by atoms with van der Waals surface area (Å²) < 4.78 is 0. The molecule has 2 heteroatoms. The zero-order chi connectivity index (χ0) is 11.5. The Morgan fingerprint density at radius 3 is 2.40 bits per heavy atom. The fourth-order valence-corrected chi connectivity index (χ4v) is 2.50. The lowest BCUT2D eigenvalue weighted by molar-refractivity contribution is -0.145. The Morgan fingerprint density at radius 2 is 1.87 bits per heavy atom. The maximum Gasteiger partial charge on any atom is 0.306 e. The summed E-state index contributed by atoms with van der Waals surface area (Å²) >= 11 is 0. The van der Waals surface area contributed by atoms with Crippen molar-refractivity contribution in [2.75, 3.05) is 0 Å². The maximum absolute atomic E-state index is 11.1. The van der Waals surface area contributed by atoms with Crippen molar-refractivity contribution in [3.63, 3.8) is 0 Å². The molecule has 0 aliphatic heterocycles. The van der Waals surface area contributed by atoms with Gasteiger partial charge >= 0.3 is 5.97 Å². The Morgan fingerprint density at radius 1 is 1.27 bits per heavy atom. The molecule has 0 saturated heterocycles. The SMILES string of the molecule is CC(C)(C)CCC1CCCCC1C(=O)O. The molecule has 1 fully saturated rings. The Hall–Kier alpha value is -0.530. The van der Waals surface area contributed by atoms with Gasteiger partial charge in [0.1, 0.15) is 0 Å². The highest BCUT2D eigenvalue weighted by molar-refractivity contribution is 5.70. The molecule has 1 N–H and O–H groups in total. The van der Waals surface area contributed by atoms with E-state index in [-0.39, 0.29) is 5.92 Å². The highest BCUT2D eigenvalue weighted by Gasteiger charge is 2.31. The molecule has 2 atom stereocenters. The second kappa shape index (κ2) is 5.00. The van der Waals surface area contributed by atoms with Gasteiger partial charge in [-0.2, -0.15) is 0 Å². The summed E-state index contributed by atoms with van der Waals surface area (Å²) in [4.78, 5) is 11.1. The van der Waals surface area contributed by atoms with Gasteiger partial charge in [0.25, 0.3) is 0 Å². The Kier molecular flexibility index (Phi) is 4.18. The summed E-state index contributed by atoms with van der Waals surface area (Å²) in [5.41, 5.74) is 0.334.